The van der Waals surface area contributed by atoms with Gasteiger partial charge >= 0.3 is 30.6 Å². The number of hydrogen-bond acceptors (Lipinski definition) is 5. The number of oxime groups is 1. The van der Waals surface area contributed by atoms with Crippen molar-refractivity contribution in [3.05, 3.63) is 70.4 Å². The first kappa shape index (κ1) is 37.5. The summed E-state index contributed by atoms with van der Waals surface area (Å²) in [5, 5.41) is 5.81. The van der Waals surface area contributed by atoms with E-state index in [0.29, 0.717) is 0 Å². The molecule has 1 aromatic heterocycles. The molecule has 2 atom stereocenters. The maximum atomic E-state index is 14.6. The number of nitrogens with one attached hydrogen (secondary N) is 1. The quantitative estimate of drug-likeness (QED) is 0.261. The Morgan fingerprint density at radius 1 is 0.959 bits per heavy atom. The summed E-state index contributed by atoms with van der Waals surface area (Å²) in [6, 6.07) is 3.01. The predicted molar refractivity (Wildman–Crippen MR) is 149 cm³/mol. The fourth-order valence-electron chi connectivity index (χ4n) is 4.96. The van der Waals surface area contributed by atoms with Gasteiger partial charge in [-0.05, 0) is 30.3 Å². The first-order valence-corrected chi connectivity index (χ1v) is 15.5. The summed E-state index contributed by atoms with van der Waals surface area (Å²) in [6.45, 7) is 0.705. The number of aromatic nitrogens is 1. The average Bonchev–Trinajstić information content (AvgIpc) is 3.61. The Labute approximate surface area is 268 Å². The molecular weight excluding hydrogens is 716 g/mol. The largest absolute Gasteiger partial charge is 0.474 e. The maximum Gasteiger partial charge on any atom is 0.474 e. The van der Waals surface area contributed by atoms with Crippen LogP contribution in [-0.2, 0) is 44.4 Å². The van der Waals surface area contributed by atoms with Gasteiger partial charge in [-0.25, -0.2) is 4.21 Å². The highest BCUT2D eigenvalue weighted by atomic mass is 32.2. The molecule has 2 aromatic carbocycles. The number of benzene rings is 2. The van der Waals surface area contributed by atoms with Crippen LogP contribution in [0, 0.1) is 0 Å². The smallest absolute Gasteiger partial charge is 0.374 e. The molecule has 0 radical (unpaired) electrons. The second kappa shape index (κ2) is 12.5. The molecule has 0 saturated carbocycles. The van der Waals surface area contributed by atoms with Gasteiger partial charge in [0.2, 0.25) is 0 Å². The highest BCUT2D eigenvalue weighted by Gasteiger charge is 2.63. The van der Waals surface area contributed by atoms with Gasteiger partial charge in [0.15, 0.2) is 0 Å². The number of nitrogens with zero attached hydrogens (tertiary/aromatic N) is 3. The van der Waals surface area contributed by atoms with Gasteiger partial charge in [0.1, 0.15) is 0 Å². The minimum Gasteiger partial charge on any atom is -0.374 e. The lowest BCUT2D eigenvalue weighted by Crippen LogP contribution is -2.43. The average molecular weight is 739 g/mol. The molecule has 0 bridgehead atoms. The first-order valence-electron chi connectivity index (χ1n) is 13.6. The Morgan fingerprint density at radius 3 is 2.06 bits per heavy atom. The van der Waals surface area contributed by atoms with Crippen molar-refractivity contribution in [1.82, 2.24) is 9.88 Å². The van der Waals surface area contributed by atoms with Crippen LogP contribution in [0.15, 0.2) is 52.1 Å². The second-order valence-corrected chi connectivity index (χ2v) is 13.4. The van der Waals surface area contributed by atoms with Crippen molar-refractivity contribution in [1.29, 1.82) is 0 Å². The third kappa shape index (κ3) is 7.49. The zero-order chi connectivity index (χ0) is 37.0. The minimum absolute atomic E-state index is 0.0381. The molecule has 8 nitrogen and oxygen atoms in total. The van der Waals surface area contributed by atoms with Crippen molar-refractivity contribution in [3.63, 3.8) is 0 Å². The van der Waals surface area contributed by atoms with E-state index in [0.717, 1.165) is 12.1 Å². The number of carbonyl (C=O) groups excluding carboxylic acids is 2. The molecule has 3 aromatic rings. The molecule has 2 heterocycles. The molecule has 268 valence electrons. The molecule has 1 aliphatic heterocycles. The number of alkyl halides is 12. The third-order valence-electron chi connectivity index (χ3n) is 7.48. The van der Waals surface area contributed by atoms with Gasteiger partial charge in [0, 0.05) is 53.4 Å². The standard InChI is InChI=1S/C28H22F12N4O4S/c1-3-49(47,43-23(46)27(35,36)37)9-7-41-22(45)18-4-5-19(21-17(18)6-8-44(21)2)20-13-24(48-42-20,28(38,39)40)14-10-15(25(29,30)31)12-16(11-14)26(32,33)34/h4-6,8,10-12H,3,7,9,13H2,1-2H3,(H,41,45). The number of amides is 2. The van der Waals surface area contributed by atoms with Crippen LogP contribution in [-0.4, -0.2) is 56.7 Å². The van der Waals surface area contributed by atoms with Gasteiger partial charge in [0.25, 0.3) is 11.5 Å². The van der Waals surface area contributed by atoms with E-state index in [1.54, 1.807) is 0 Å². The summed E-state index contributed by atoms with van der Waals surface area (Å²) in [5.74, 6) is -4.55. The van der Waals surface area contributed by atoms with Crippen molar-refractivity contribution < 1.29 is 71.3 Å². The van der Waals surface area contributed by atoms with Gasteiger partial charge in [-0.15, -0.1) is 0 Å². The number of aryl methyl sites for hydroxylation is 1. The van der Waals surface area contributed by atoms with Crippen LogP contribution in [0.3, 0.4) is 0 Å². The van der Waals surface area contributed by atoms with Gasteiger partial charge in [-0.2, -0.15) is 57.0 Å². The zero-order valence-corrected chi connectivity index (χ0v) is 25.6. The minimum atomic E-state index is -5.59. The predicted octanol–water partition coefficient (Wildman–Crippen LogP) is 7.10. The van der Waals surface area contributed by atoms with Gasteiger partial charge in [0.05, 0.1) is 38.5 Å². The number of fused-ring (bicyclic) bond motifs is 1. The highest BCUT2D eigenvalue weighted by molar-refractivity contribution is 7.93. The SMILES string of the molecule is CCS(=O)(CCNC(=O)c1ccc(C2=NOC(c3cc(C(F)(F)F)cc(C(F)(F)F)c3)(C(F)(F)F)C2)c2c1ccn2C)=NC(=O)C(F)(F)F. The summed E-state index contributed by atoms with van der Waals surface area (Å²) in [6.07, 6.45) is -21.9. The van der Waals surface area contributed by atoms with Crippen molar-refractivity contribution in [2.24, 2.45) is 16.6 Å². The van der Waals surface area contributed by atoms with E-state index in [-0.39, 0.29) is 40.2 Å². The lowest BCUT2D eigenvalue weighted by Gasteiger charge is -2.30. The third-order valence-corrected chi connectivity index (χ3v) is 9.72. The monoisotopic (exact) mass is 738 g/mol. The van der Waals surface area contributed by atoms with Crippen LogP contribution in [0.25, 0.3) is 10.9 Å². The molecule has 49 heavy (non-hydrogen) atoms. The van der Waals surface area contributed by atoms with Crippen molar-refractivity contribution in [2.75, 3.05) is 18.1 Å². The summed E-state index contributed by atoms with van der Waals surface area (Å²) in [5.41, 5.74) is -10.1. The maximum absolute atomic E-state index is 14.6. The normalized spacial score (nSPS) is 18.5. The Bertz CT molecular complexity index is 1920. The van der Waals surface area contributed by atoms with Crippen LogP contribution in [0.4, 0.5) is 52.7 Å². The number of carbonyl (C=O) groups is 2. The topological polar surface area (TPSA) is 102 Å². The van der Waals surface area contributed by atoms with Crippen molar-refractivity contribution >= 4 is 38.2 Å². The summed E-state index contributed by atoms with van der Waals surface area (Å²) in [7, 11) is -2.32. The molecular formula is C28H22F12N4O4S. The van der Waals surface area contributed by atoms with Gasteiger partial charge in [-0.3, -0.25) is 9.59 Å². The van der Waals surface area contributed by atoms with Crippen LogP contribution in [0.2, 0.25) is 0 Å². The fraction of sp³-hybridized carbons (Fsp3) is 0.393. The molecule has 21 heteroatoms. The molecule has 0 spiro atoms. The molecule has 0 saturated heterocycles. The number of halogens is 12. The van der Waals surface area contributed by atoms with Crippen molar-refractivity contribution in [2.45, 2.75) is 43.7 Å². The Hall–Kier alpha value is -4.30. The number of rotatable bonds is 7. The van der Waals surface area contributed by atoms with E-state index in [2.05, 4.69) is 19.7 Å². The number of hydrogen-bond donors (Lipinski definition) is 1. The second-order valence-electron chi connectivity index (χ2n) is 10.7. The summed E-state index contributed by atoms with van der Waals surface area (Å²) < 4.78 is 179. The molecule has 0 aliphatic carbocycles. The van der Waals surface area contributed by atoms with E-state index >= 15 is 0 Å². The molecule has 4 rings (SSSR count). The van der Waals surface area contributed by atoms with E-state index < -0.39 is 98.7 Å². The lowest BCUT2D eigenvalue weighted by molar-refractivity contribution is -0.276. The molecule has 1 aliphatic rings. The van der Waals surface area contributed by atoms with E-state index in [1.807, 2.05) is 0 Å². The molecule has 1 N–H and O–H groups in total. The van der Waals surface area contributed by atoms with Gasteiger partial charge < -0.3 is 14.7 Å². The van der Waals surface area contributed by atoms with Crippen LogP contribution >= 0.6 is 0 Å². The van der Waals surface area contributed by atoms with E-state index in [9.17, 15) is 66.5 Å². The van der Waals surface area contributed by atoms with Crippen LogP contribution in [0.5, 0.6) is 0 Å². The summed E-state index contributed by atoms with van der Waals surface area (Å²) in [4.78, 5) is 28.9. The highest BCUT2D eigenvalue weighted by Crippen LogP contribution is 2.51. The van der Waals surface area contributed by atoms with Crippen LogP contribution < -0.4 is 5.32 Å². The summed E-state index contributed by atoms with van der Waals surface area (Å²) >= 11 is 0. The van der Waals surface area contributed by atoms with Crippen molar-refractivity contribution in [3.8, 4) is 0 Å². The van der Waals surface area contributed by atoms with E-state index in [4.69, 9.17) is 0 Å². The Kier molecular flexibility index (Phi) is 9.60. The van der Waals surface area contributed by atoms with Crippen LogP contribution in [0.1, 0.15) is 46.0 Å². The Balaban J connectivity index is 1.69. The van der Waals surface area contributed by atoms with Gasteiger partial charge in [-0.1, -0.05) is 18.1 Å². The lowest BCUT2D eigenvalue weighted by atomic mass is 9.84. The fourth-order valence-corrected chi connectivity index (χ4v) is 6.30. The zero-order valence-electron chi connectivity index (χ0n) is 24.8. The Morgan fingerprint density at radius 2 is 1.55 bits per heavy atom. The molecule has 2 amide bonds. The molecule has 2 unspecified atom stereocenters. The first-order chi connectivity index (χ1) is 22.3. The van der Waals surface area contributed by atoms with E-state index in [1.165, 1.54) is 30.8 Å². The molecule has 0 fully saturated rings.